The Kier molecular flexibility index (Phi) is 6.70. The van der Waals surface area contributed by atoms with E-state index < -0.39 is 12.5 Å². The number of nitrogens with zero attached hydrogens (tertiary/aromatic N) is 1. The van der Waals surface area contributed by atoms with Crippen molar-refractivity contribution in [3.05, 3.63) is 54.1 Å². The number of ether oxygens (including phenoxy) is 3. The van der Waals surface area contributed by atoms with E-state index in [1.807, 2.05) is 0 Å². The van der Waals surface area contributed by atoms with Crippen LogP contribution in [0, 0.1) is 0 Å². The number of alkyl halides is 2. The maximum atomic E-state index is 12.0. The van der Waals surface area contributed by atoms with Gasteiger partial charge < -0.3 is 14.2 Å². The van der Waals surface area contributed by atoms with Crippen molar-refractivity contribution in [1.29, 1.82) is 0 Å². The summed E-state index contributed by atoms with van der Waals surface area (Å²) in [5, 5.41) is 3.76. The number of hydrogen-bond donors (Lipinski definition) is 1. The van der Waals surface area contributed by atoms with E-state index in [0.29, 0.717) is 17.1 Å². The summed E-state index contributed by atoms with van der Waals surface area (Å²) in [6.07, 6.45) is 1.37. The van der Waals surface area contributed by atoms with Crippen molar-refractivity contribution < 1.29 is 27.8 Å². The number of hydrogen-bond acceptors (Lipinski definition) is 5. The van der Waals surface area contributed by atoms with Gasteiger partial charge in [-0.15, -0.1) is 0 Å². The summed E-state index contributed by atoms with van der Waals surface area (Å²) in [5.74, 6) is 0.546. The number of rotatable bonds is 8. The van der Waals surface area contributed by atoms with Crippen molar-refractivity contribution in [2.45, 2.75) is 6.61 Å². The number of hydrazone groups is 1. The molecule has 0 radical (unpaired) electrons. The van der Waals surface area contributed by atoms with Gasteiger partial charge in [0, 0.05) is 0 Å². The first-order valence-corrected chi connectivity index (χ1v) is 7.21. The average molecular weight is 350 g/mol. The number of nitrogens with one attached hydrogen (secondary N) is 1. The monoisotopic (exact) mass is 350 g/mol. The van der Waals surface area contributed by atoms with Crippen LogP contribution in [0.1, 0.15) is 5.56 Å². The van der Waals surface area contributed by atoms with E-state index in [1.54, 1.807) is 24.3 Å². The number of methoxy groups -OCH3 is 1. The van der Waals surface area contributed by atoms with Gasteiger partial charge >= 0.3 is 6.61 Å². The Morgan fingerprint density at radius 3 is 2.48 bits per heavy atom. The quantitative estimate of drug-likeness (QED) is 0.587. The minimum Gasteiger partial charge on any atom is -0.493 e. The molecule has 0 saturated carbocycles. The zero-order valence-corrected chi connectivity index (χ0v) is 13.3. The molecule has 2 aromatic rings. The van der Waals surface area contributed by atoms with E-state index in [2.05, 4.69) is 15.3 Å². The molecule has 0 heterocycles. The zero-order chi connectivity index (χ0) is 18.1. The van der Waals surface area contributed by atoms with Crippen LogP contribution in [0.4, 0.5) is 8.78 Å². The zero-order valence-electron chi connectivity index (χ0n) is 13.3. The maximum Gasteiger partial charge on any atom is 0.387 e. The molecule has 0 aliphatic carbocycles. The number of carbonyl (C=O) groups excluding carboxylic acids is 1. The highest BCUT2D eigenvalue weighted by Crippen LogP contribution is 2.25. The van der Waals surface area contributed by atoms with Gasteiger partial charge in [0.05, 0.1) is 13.3 Å². The molecule has 0 unspecified atom stereocenters. The smallest absolute Gasteiger partial charge is 0.387 e. The first-order valence-electron chi connectivity index (χ1n) is 7.21. The minimum absolute atomic E-state index is 0.0430. The molecule has 8 heteroatoms. The lowest BCUT2D eigenvalue weighted by Crippen LogP contribution is -2.24. The maximum absolute atomic E-state index is 12.0. The highest BCUT2D eigenvalue weighted by Gasteiger charge is 2.06. The van der Waals surface area contributed by atoms with Gasteiger partial charge in [0.1, 0.15) is 5.75 Å². The highest BCUT2D eigenvalue weighted by atomic mass is 19.3. The van der Waals surface area contributed by atoms with Crippen LogP contribution in [0.5, 0.6) is 17.2 Å². The molecule has 2 rings (SSSR count). The molecule has 2 aromatic carbocycles. The second kappa shape index (κ2) is 9.21. The van der Waals surface area contributed by atoms with Crippen LogP contribution in [0.3, 0.4) is 0 Å². The number of halogens is 2. The Morgan fingerprint density at radius 1 is 1.16 bits per heavy atom. The Bertz CT molecular complexity index is 721. The number of para-hydroxylation sites is 2. The first-order chi connectivity index (χ1) is 12.1. The van der Waals surface area contributed by atoms with E-state index in [1.165, 1.54) is 37.6 Å². The van der Waals surface area contributed by atoms with Crippen LogP contribution < -0.4 is 19.6 Å². The summed E-state index contributed by atoms with van der Waals surface area (Å²) < 4.78 is 38.8. The number of benzene rings is 2. The predicted molar refractivity (Wildman–Crippen MR) is 87.3 cm³/mol. The minimum atomic E-state index is -2.87. The van der Waals surface area contributed by atoms with Crippen molar-refractivity contribution in [2.75, 3.05) is 13.7 Å². The fourth-order valence-corrected chi connectivity index (χ4v) is 1.83. The molecule has 0 spiro atoms. The molecule has 0 bridgehead atoms. The molecule has 1 amide bonds. The molecule has 0 fully saturated rings. The van der Waals surface area contributed by atoms with E-state index in [0.717, 1.165) is 0 Å². The molecular weight excluding hydrogens is 334 g/mol. The van der Waals surface area contributed by atoms with Gasteiger partial charge in [0.15, 0.2) is 18.1 Å². The van der Waals surface area contributed by atoms with Crippen LogP contribution in [-0.4, -0.2) is 32.4 Å². The average Bonchev–Trinajstić information content (AvgIpc) is 2.61. The van der Waals surface area contributed by atoms with E-state index in [9.17, 15) is 13.6 Å². The molecule has 0 aliphatic heterocycles. The molecule has 0 saturated heterocycles. The van der Waals surface area contributed by atoms with Gasteiger partial charge in [0.2, 0.25) is 0 Å². The topological polar surface area (TPSA) is 69.2 Å². The van der Waals surface area contributed by atoms with Gasteiger partial charge in [-0.1, -0.05) is 12.1 Å². The Balaban J connectivity index is 1.80. The van der Waals surface area contributed by atoms with Crippen molar-refractivity contribution in [3.63, 3.8) is 0 Å². The summed E-state index contributed by atoms with van der Waals surface area (Å²) in [5.41, 5.74) is 2.90. The van der Waals surface area contributed by atoms with E-state index in [-0.39, 0.29) is 12.4 Å². The van der Waals surface area contributed by atoms with E-state index in [4.69, 9.17) is 9.47 Å². The first kappa shape index (κ1) is 18.2. The van der Waals surface area contributed by atoms with Crippen molar-refractivity contribution in [1.82, 2.24) is 5.43 Å². The molecular formula is C17H16F2N2O4. The van der Waals surface area contributed by atoms with Crippen LogP contribution in [0.25, 0.3) is 0 Å². The Hall–Kier alpha value is -3.16. The largest absolute Gasteiger partial charge is 0.493 e. The molecule has 25 heavy (non-hydrogen) atoms. The summed E-state index contributed by atoms with van der Waals surface area (Å²) in [4.78, 5) is 11.7. The van der Waals surface area contributed by atoms with Gasteiger partial charge in [-0.2, -0.15) is 13.9 Å². The summed E-state index contributed by atoms with van der Waals surface area (Å²) in [7, 11) is 1.50. The standard InChI is InChI=1S/C17H16F2N2O4/c1-23-14-4-2-3-5-15(14)24-11-16(22)21-20-10-12-6-8-13(9-7-12)25-17(18)19/h2-10,17H,11H2,1H3,(H,21,22)/b20-10-. The lowest BCUT2D eigenvalue weighted by molar-refractivity contribution is -0.123. The molecule has 0 aliphatic rings. The lowest BCUT2D eigenvalue weighted by Gasteiger charge is -2.09. The van der Waals surface area contributed by atoms with Crippen LogP contribution in [0.15, 0.2) is 53.6 Å². The van der Waals surface area contributed by atoms with E-state index >= 15 is 0 Å². The second-order valence-corrected chi connectivity index (χ2v) is 4.68. The van der Waals surface area contributed by atoms with Crippen molar-refractivity contribution >= 4 is 12.1 Å². The molecule has 6 nitrogen and oxygen atoms in total. The van der Waals surface area contributed by atoms with Gasteiger partial charge in [-0.25, -0.2) is 5.43 Å². The third-order valence-electron chi connectivity index (χ3n) is 2.94. The number of carbonyl (C=O) groups is 1. The van der Waals surface area contributed by atoms with Gasteiger partial charge in [-0.3, -0.25) is 4.79 Å². The molecule has 1 N–H and O–H groups in total. The Labute approximate surface area is 143 Å². The van der Waals surface area contributed by atoms with Gasteiger partial charge in [-0.05, 0) is 42.0 Å². The van der Waals surface area contributed by atoms with Crippen LogP contribution in [-0.2, 0) is 4.79 Å². The van der Waals surface area contributed by atoms with Crippen molar-refractivity contribution in [2.24, 2.45) is 5.10 Å². The Morgan fingerprint density at radius 2 is 1.84 bits per heavy atom. The van der Waals surface area contributed by atoms with Gasteiger partial charge in [0.25, 0.3) is 5.91 Å². The predicted octanol–water partition coefficient (Wildman–Crippen LogP) is 2.83. The van der Waals surface area contributed by atoms with Crippen LogP contribution >= 0.6 is 0 Å². The fraction of sp³-hybridized carbons (Fsp3) is 0.176. The molecule has 0 aromatic heterocycles. The highest BCUT2D eigenvalue weighted by molar-refractivity contribution is 5.83. The second-order valence-electron chi connectivity index (χ2n) is 4.68. The normalized spacial score (nSPS) is 10.7. The summed E-state index contributed by atoms with van der Waals surface area (Å²) in [6, 6.07) is 12.7. The summed E-state index contributed by atoms with van der Waals surface area (Å²) >= 11 is 0. The SMILES string of the molecule is COc1ccccc1OCC(=O)N/N=C\c1ccc(OC(F)F)cc1. The molecule has 0 atom stereocenters. The van der Waals surface area contributed by atoms with Crippen molar-refractivity contribution in [3.8, 4) is 17.2 Å². The van der Waals surface area contributed by atoms with Crippen LogP contribution in [0.2, 0.25) is 0 Å². The lowest BCUT2D eigenvalue weighted by atomic mass is 10.2. The summed E-state index contributed by atoms with van der Waals surface area (Å²) in [6.45, 7) is -3.11. The third-order valence-corrected chi connectivity index (χ3v) is 2.94. The third kappa shape index (κ3) is 6.09. The number of amides is 1. The fourth-order valence-electron chi connectivity index (χ4n) is 1.83. The molecule has 132 valence electrons.